The SMILES string of the molecule is CC(C)(C)c1cc(-c2ccccc2)cc(-n2c(-c3cc(C(C)(C)C)cc(C(C)(C)C)c3O)nc3c(-c4cc(-c5ccccc5)cc(-c5cc(-c6ccc(-c7ccccc7)cc6)ccn5)c4)cccc32)c1. The van der Waals surface area contributed by atoms with Gasteiger partial charge < -0.3 is 5.11 Å². The number of fused-ring (bicyclic) bond motifs is 1. The smallest absolute Gasteiger partial charge is 0.149 e. The second-order valence-corrected chi connectivity index (χ2v) is 21.8. The first-order valence-corrected chi connectivity index (χ1v) is 24.4. The van der Waals surface area contributed by atoms with Crippen molar-refractivity contribution in [3.05, 3.63) is 217 Å². The van der Waals surface area contributed by atoms with E-state index in [9.17, 15) is 5.11 Å². The van der Waals surface area contributed by atoms with Crippen molar-refractivity contribution >= 4 is 11.0 Å². The van der Waals surface area contributed by atoms with Gasteiger partial charge in [-0.25, -0.2) is 4.98 Å². The third-order valence-electron chi connectivity index (χ3n) is 13.6. The first-order valence-electron chi connectivity index (χ1n) is 24.4. The molecule has 0 unspecified atom stereocenters. The van der Waals surface area contributed by atoms with E-state index in [0.29, 0.717) is 11.4 Å². The van der Waals surface area contributed by atoms with Gasteiger partial charge in [0.15, 0.2) is 0 Å². The van der Waals surface area contributed by atoms with E-state index in [1.165, 1.54) is 16.7 Å². The molecule has 10 rings (SSSR count). The molecule has 0 radical (unpaired) electrons. The maximum Gasteiger partial charge on any atom is 0.149 e. The molecule has 1 N–H and O–H groups in total. The molecule has 0 bridgehead atoms. The van der Waals surface area contributed by atoms with E-state index in [1.54, 1.807) is 0 Å². The lowest BCUT2D eigenvalue weighted by Crippen LogP contribution is -2.17. The molecule has 4 heteroatoms. The lowest BCUT2D eigenvalue weighted by Gasteiger charge is -2.28. The van der Waals surface area contributed by atoms with E-state index in [2.05, 4.69) is 255 Å². The summed E-state index contributed by atoms with van der Waals surface area (Å²) >= 11 is 0. The molecule has 0 saturated carbocycles. The Hall–Kier alpha value is -7.82. The fourth-order valence-corrected chi connectivity index (χ4v) is 9.54. The van der Waals surface area contributed by atoms with Crippen LogP contribution in [0.2, 0.25) is 0 Å². The van der Waals surface area contributed by atoms with Gasteiger partial charge in [0.1, 0.15) is 11.6 Å². The highest BCUT2D eigenvalue weighted by molar-refractivity contribution is 5.98. The van der Waals surface area contributed by atoms with E-state index in [-0.39, 0.29) is 22.0 Å². The molecule has 10 aromatic rings. The van der Waals surface area contributed by atoms with Crippen LogP contribution in [0.4, 0.5) is 0 Å². The van der Waals surface area contributed by atoms with Crippen LogP contribution < -0.4 is 0 Å². The number of aromatic nitrogens is 3. The minimum atomic E-state index is -0.333. The quantitative estimate of drug-likeness (QED) is 0.165. The average molecular weight is 912 g/mol. The van der Waals surface area contributed by atoms with Gasteiger partial charge in [0.05, 0.1) is 22.3 Å². The van der Waals surface area contributed by atoms with Crippen LogP contribution in [0.15, 0.2) is 200 Å². The molecule has 0 amide bonds. The zero-order chi connectivity index (χ0) is 49.0. The second kappa shape index (κ2) is 17.9. The van der Waals surface area contributed by atoms with Crippen LogP contribution in [0, 0.1) is 0 Å². The number of hydrogen-bond donors (Lipinski definition) is 1. The highest BCUT2D eigenvalue weighted by Gasteiger charge is 2.29. The van der Waals surface area contributed by atoms with Crippen LogP contribution in [0.1, 0.15) is 79.0 Å². The predicted octanol–water partition coefficient (Wildman–Crippen LogP) is 17.7. The fraction of sp³-hybridized carbons (Fsp3) is 0.182. The molecule has 0 aliphatic heterocycles. The largest absolute Gasteiger partial charge is 0.507 e. The molecule has 8 aromatic carbocycles. The van der Waals surface area contributed by atoms with Crippen LogP contribution in [-0.4, -0.2) is 19.6 Å². The number of phenolic OH excluding ortho intramolecular Hbond substituents is 1. The van der Waals surface area contributed by atoms with Crippen molar-refractivity contribution in [1.29, 1.82) is 0 Å². The van der Waals surface area contributed by atoms with E-state index in [4.69, 9.17) is 9.97 Å². The van der Waals surface area contributed by atoms with E-state index >= 15 is 0 Å². The Labute approximate surface area is 414 Å². The van der Waals surface area contributed by atoms with Gasteiger partial charge in [0.2, 0.25) is 0 Å². The first-order chi connectivity index (χ1) is 33.5. The van der Waals surface area contributed by atoms with Gasteiger partial charge in [0, 0.05) is 28.6 Å². The first kappa shape index (κ1) is 45.9. The van der Waals surface area contributed by atoms with Crippen LogP contribution in [-0.2, 0) is 16.2 Å². The molecule has 70 heavy (non-hydrogen) atoms. The molecule has 346 valence electrons. The summed E-state index contributed by atoms with van der Waals surface area (Å²) in [7, 11) is 0. The summed E-state index contributed by atoms with van der Waals surface area (Å²) < 4.78 is 2.28. The molecule has 0 atom stereocenters. The third-order valence-corrected chi connectivity index (χ3v) is 13.6. The average Bonchev–Trinajstić information content (AvgIpc) is 3.76. The van der Waals surface area contributed by atoms with Crippen LogP contribution in [0.25, 0.3) is 95.0 Å². The Bertz CT molecular complexity index is 3510. The van der Waals surface area contributed by atoms with Crippen molar-refractivity contribution in [2.24, 2.45) is 0 Å². The molecule has 0 spiro atoms. The maximum atomic E-state index is 12.6. The van der Waals surface area contributed by atoms with Gasteiger partial charge in [0.25, 0.3) is 0 Å². The number of benzene rings is 8. The number of para-hydroxylation sites is 1. The summed E-state index contributed by atoms with van der Waals surface area (Å²) in [4.78, 5) is 10.7. The van der Waals surface area contributed by atoms with Gasteiger partial charge in [-0.3, -0.25) is 9.55 Å². The molecule has 0 fully saturated rings. The lowest BCUT2D eigenvalue weighted by atomic mass is 9.79. The topological polar surface area (TPSA) is 50.9 Å². The Morgan fingerprint density at radius 2 is 0.900 bits per heavy atom. The van der Waals surface area contributed by atoms with Crippen molar-refractivity contribution in [2.45, 2.75) is 78.6 Å². The maximum absolute atomic E-state index is 12.6. The van der Waals surface area contributed by atoms with E-state index in [0.717, 1.165) is 83.6 Å². The monoisotopic (exact) mass is 911 g/mol. The normalized spacial score (nSPS) is 12.1. The Balaban J connectivity index is 1.22. The molecule has 2 aromatic heterocycles. The van der Waals surface area contributed by atoms with Crippen LogP contribution >= 0.6 is 0 Å². The van der Waals surface area contributed by atoms with Gasteiger partial charge in [-0.15, -0.1) is 0 Å². The molecule has 0 aliphatic rings. The van der Waals surface area contributed by atoms with Gasteiger partial charge in [-0.2, -0.15) is 0 Å². The zero-order valence-corrected chi connectivity index (χ0v) is 41.8. The summed E-state index contributed by atoms with van der Waals surface area (Å²) in [6.07, 6.45) is 1.92. The lowest BCUT2D eigenvalue weighted by molar-refractivity contribution is 0.446. The van der Waals surface area contributed by atoms with E-state index < -0.39 is 0 Å². The number of hydrogen-bond acceptors (Lipinski definition) is 3. The van der Waals surface area contributed by atoms with Gasteiger partial charge in [-0.1, -0.05) is 202 Å². The molecular formula is C66H61N3O. The zero-order valence-electron chi connectivity index (χ0n) is 41.8. The molecular weight excluding hydrogens is 851 g/mol. The standard InChI is InChI=1S/C66H61N3O/c1-64(2,3)53-37-50(45-24-17-12-18-25-45)38-55(40-53)69-60-27-19-26-56(61(60)68-63(69)57-41-54(65(4,5)6)42-58(62(57)70)66(7,8)9)51-34-49(44-22-15-11-16-23-44)35-52(36-51)59-39-48(32-33-67-59)47-30-28-46(29-31-47)43-20-13-10-14-21-43/h10-42,70H,1-9H3. The summed E-state index contributed by atoms with van der Waals surface area (Å²) in [5.41, 5.74) is 19.0. The minimum absolute atomic E-state index is 0.153. The summed E-state index contributed by atoms with van der Waals surface area (Å²) in [6.45, 7) is 20.0. The number of nitrogens with zero attached hydrogens (tertiary/aromatic N) is 3. The van der Waals surface area contributed by atoms with Gasteiger partial charge in [-0.05, 0) is 132 Å². The summed E-state index contributed by atoms with van der Waals surface area (Å²) in [5.74, 6) is 0.941. The molecule has 4 nitrogen and oxygen atoms in total. The highest BCUT2D eigenvalue weighted by atomic mass is 16.3. The predicted molar refractivity (Wildman–Crippen MR) is 295 cm³/mol. The fourth-order valence-electron chi connectivity index (χ4n) is 9.54. The highest BCUT2D eigenvalue weighted by Crippen LogP contribution is 2.46. The number of pyridine rings is 1. The Morgan fingerprint density at radius 1 is 0.386 bits per heavy atom. The van der Waals surface area contributed by atoms with Crippen molar-refractivity contribution in [3.63, 3.8) is 0 Å². The number of aromatic hydroxyl groups is 1. The summed E-state index contributed by atoms with van der Waals surface area (Å²) in [5, 5.41) is 12.6. The van der Waals surface area contributed by atoms with Gasteiger partial charge >= 0.3 is 0 Å². The van der Waals surface area contributed by atoms with Crippen molar-refractivity contribution in [2.75, 3.05) is 0 Å². The van der Waals surface area contributed by atoms with Crippen molar-refractivity contribution in [1.82, 2.24) is 14.5 Å². The minimum Gasteiger partial charge on any atom is -0.507 e. The molecule has 2 heterocycles. The number of phenols is 1. The van der Waals surface area contributed by atoms with Crippen molar-refractivity contribution in [3.8, 4) is 89.7 Å². The third kappa shape index (κ3) is 9.10. The number of imidazole rings is 1. The molecule has 0 aliphatic carbocycles. The second-order valence-electron chi connectivity index (χ2n) is 21.8. The van der Waals surface area contributed by atoms with Crippen LogP contribution in [0.3, 0.4) is 0 Å². The molecule has 0 saturated heterocycles. The van der Waals surface area contributed by atoms with E-state index in [1.807, 2.05) is 12.3 Å². The Morgan fingerprint density at radius 3 is 1.49 bits per heavy atom. The number of rotatable bonds is 8. The Kier molecular flexibility index (Phi) is 11.8. The van der Waals surface area contributed by atoms with Crippen molar-refractivity contribution < 1.29 is 5.11 Å². The summed E-state index contributed by atoms with van der Waals surface area (Å²) in [6, 6.07) is 69.3. The van der Waals surface area contributed by atoms with Crippen LogP contribution in [0.5, 0.6) is 5.75 Å².